The maximum Gasteiger partial charge on any atom is 0.280 e. The Hall–Kier alpha value is -4.05. The smallest absolute Gasteiger partial charge is 0.280 e. The van der Waals surface area contributed by atoms with Crippen LogP contribution >= 0.6 is 11.6 Å². The second-order valence-electron chi connectivity index (χ2n) is 9.01. The van der Waals surface area contributed by atoms with Crippen LogP contribution in [0.15, 0.2) is 34.9 Å². The highest BCUT2D eigenvalue weighted by molar-refractivity contribution is 6.31. The van der Waals surface area contributed by atoms with Crippen LogP contribution in [0.4, 0.5) is 11.6 Å². The van der Waals surface area contributed by atoms with Gasteiger partial charge in [0.1, 0.15) is 5.49 Å². The van der Waals surface area contributed by atoms with Gasteiger partial charge in [0, 0.05) is 38.6 Å². The number of hydrogen-bond acceptors (Lipinski definition) is 11. The Labute approximate surface area is 242 Å². The summed E-state index contributed by atoms with van der Waals surface area (Å²) in [6.07, 6.45) is 4.78. The highest BCUT2D eigenvalue weighted by Gasteiger charge is 2.20. The molecule has 222 valence electrons. The van der Waals surface area contributed by atoms with E-state index in [9.17, 15) is 9.59 Å². The molecule has 1 fully saturated rings. The minimum atomic E-state index is -0.675. The van der Waals surface area contributed by atoms with E-state index >= 15 is 0 Å². The molecule has 3 heterocycles. The number of carbonyl (C=O) groups excluding carboxylic acids is 2. The topological polar surface area (TPSA) is 224 Å². The molecule has 2 aromatic heterocycles. The van der Waals surface area contributed by atoms with Gasteiger partial charge in [0.25, 0.3) is 11.8 Å². The Bertz CT molecular complexity index is 1320. The molecule has 0 saturated carbocycles. The Balaban J connectivity index is 1.46. The third-order valence-corrected chi connectivity index (χ3v) is 6.39. The predicted octanol–water partition coefficient (Wildman–Crippen LogP) is -0.955. The molecular formula is C25H36ClN11O4. The molecular weight excluding hydrogens is 554 g/mol. The van der Waals surface area contributed by atoms with Crippen molar-refractivity contribution < 1.29 is 19.4 Å². The Morgan fingerprint density at radius 1 is 1.20 bits per heavy atom. The van der Waals surface area contributed by atoms with Crippen molar-refractivity contribution in [3.8, 4) is 0 Å². The van der Waals surface area contributed by atoms with E-state index in [1.54, 1.807) is 29.1 Å². The summed E-state index contributed by atoms with van der Waals surface area (Å²) >= 11 is 5.83. The Kier molecular flexibility index (Phi) is 12.0. The number of aliphatic imine (C=N–C) groups is 1. The lowest BCUT2D eigenvalue weighted by Crippen LogP contribution is -2.41. The summed E-state index contributed by atoms with van der Waals surface area (Å²) in [5.74, 6) is -1.19. The zero-order valence-electron chi connectivity index (χ0n) is 22.6. The van der Waals surface area contributed by atoms with Crippen molar-refractivity contribution in [2.45, 2.75) is 18.9 Å². The zero-order valence-corrected chi connectivity index (χ0v) is 23.4. The van der Waals surface area contributed by atoms with E-state index in [4.69, 9.17) is 38.6 Å². The largest absolute Gasteiger partial charge is 0.394 e. The lowest BCUT2D eigenvalue weighted by molar-refractivity contribution is 0.0837. The molecule has 0 atom stereocenters. The number of aliphatic hydroxyl groups is 1. The molecule has 1 aliphatic heterocycles. The first kappa shape index (κ1) is 31.5. The third kappa shape index (κ3) is 9.53. The molecule has 0 aromatic carbocycles. The quantitative estimate of drug-likeness (QED) is 0.101. The van der Waals surface area contributed by atoms with E-state index in [0.29, 0.717) is 30.7 Å². The van der Waals surface area contributed by atoms with Gasteiger partial charge < -0.3 is 41.8 Å². The standard InChI is InChI=1S/C25H36ClN11O4/c1-2-37-15-16(23(39)31-8-13-41-14-12-38)3-4-18(37)30-7-11-36-9-5-17(6-10-36)32-25(29)35-24(40)19-21(27)34-22(28)20(26)33-19/h2-4,15,17,38H,1,5-14H2,(H,31,39)(H4,27,28,34)(H3,29,32,35,40). The average molecular weight is 590 g/mol. The number of hydrogen-bond donors (Lipinski definition) is 6. The van der Waals surface area contributed by atoms with E-state index < -0.39 is 5.91 Å². The minimum Gasteiger partial charge on any atom is -0.394 e. The molecule has 41 heavy (non-hydrogen) atoms. The number of carbonyl (C=O) groups is 2. The number of nitrogen functional groups attached to an aromatic ring is 2. The molecule has 2 aromatic rings. The van der Waals surface area contributed by atoms with Gasteiger partial charge >= 0.3 is 0 Å². The molecule has 16 heteroatoms. The number of pyridine rings is 1. The van der Waals surface area contributed by atoms with Crippen molar-refractivity contribution in [3.05, 3.63) is 46.8 Å². The third-order valence-electron chi connectivity index (χ3n) is 6.11. The van der Waals surface area contributed by atoms with Crippen molar-refractivity contribution in [2.24, 2.45) is 15.7 Å². The molecule has 9 N–H and O–H groups in total. The zero-order chi connectivity index (χ0) is 29.8. The van der Waals surface area contributed by atoms with Gasteiger partial charge in [-0.05, 0) is 25.0 Å². The first-order valence-electron chi connectivity index (χ1n) is 13.0. The van der Waals surface area contributed by atoms with Crippen molar-refractivity contribution in [3.63, 3.8) is 0 Å². The number of guanidine groups is 1. The molecule has 0 bridgehead atoms. The SMILES string of the molecule is C=Cn1cc(C(=O)NCCOCCO)ccc1=NCCN1CCC(N=C(N)NC(=O)c2nc(Cl)c(N)nc2N)CC1. The van der Waals surface area contributed by atoms with Gasteiger partial charge in [-0.3, -0.25) is 19.9 Å². The summed E-state index contributed by atoms with van der Waals surface area (Å²) in [6, 6.07) is 3.43. The van der Waals surface area contributed by atoms with Crippen LogP contribution in [0.2, 0.25) is 5.15 Å². The number of aromatic nitrogens is 3. The fourth-order valence-electron chi connectivity index (χ4n) is 4.02. The van der Waals surface area contributed by atoms with E-state index in [-0.39, 0.29) is 53.6 Å². The molecule has 2 amide bonds. The van der Waals surface area contributed by atoms with Crippen LogP contribution in [0.25, 0.3) is 6.20 Å². The summed E-state index contributed by atoms with van der Waals surface area (Å²) in [5.41, 5.74) is 18.1. The number of nitrogens with two attached hydrogens (primary N) is 3. The van der Waals surface area contributed by atoms with E-state index in [2.05, 4.69) is 42.1 Å². The Morgan fingerprint density at radius 2 is 1.95 bits per heavy atom. The van der Waals surface area contributed by atoms with Gasteiger partial charge in [-0.2, -0.15) is 0 Å². The van der Waals surface area contributed by atoms with Crippen LogP contribution in [-0.2, 0) is 4.74 Å². The van der Waals surface area contributed by atoms with Gasteiger partial charge in [0.15, 0.2) is 28.4 Å². The fraction of sp³-hybridized carbons (Fsp3) is 0.440. The number of halogens is 1. The molecule has 0 aliphatic carbocycles. The summed E-state index contributed by atoms with van der Waals surface area (Å²) in [5, 5.41) is 13.8. The van der Waals surface area contributed by atoms with E-state index in [1.807, 2.05) is 0 Å². The van der Waals surface area contributed by atoms with Crippen molar-refractivity contribution in [1.29, 1.82) is 0 Å². The van der Waals surface area contributed by atoms with Crippen LogP contribution in [0.5, 0.6) is 0 Å². The average Bonchev–Trinajstić information content (AvgIpc) is 2.95. The summed E-state index contributed by atoms with van der Waals surface area (Å²) in [4.78, 5) is 43.8. The molecule has 0 radical (unpaired) electrons. The molecule has 0 spiro atoms. The van der Waals surface area contributed by atoms with E-state index in [1.165, 1.54) is 0 Å². The van der Waals surface area contributed by atoms with Crippen molar-refractivity contribution in [2.75, 3.05) is 64.0 Å². The van der Waals surface area contributed by atoms with Gasteiger partial charge in [0.2, 0.25) is 0 Å². The first-order valence-corrected chi connectivity index (χ1v) is 13.4. The minimum absolute atomic E-state index is 0.0428. The highest BCUT2D eigenvalue weighted by atomic mass is 35.5. The van der Waals surface area contributed by atoms with Gasteiger partial charge in [-0.25, -0.2) is 15.0 Å². The number of likely N-dealkylation sites (tertiary alicyclic amines) is 1. The molecule has 15 nitrogen and oxygen atoms in total. The number of aliphatic hydroxyl groups excluding tert-OH is 1. The van der Waals surface area contributed by atoms with Gasteiger partial charge in [-0.15, -0.1) is 0 Å². The number of ether oxygens (including phenoxy) is 1. The van der Waals surface area contributed by atoms with Crippen LogP contribution in [0, 0.1) is 0 Å². The normalized spacial score (nSPS) is 15.1. The first-order chi connectivity index (χ1) is 19.7. The molecule has 1 saturated heterocycles. The van der Waals surface area contributed by atoms with Gasteiger partial charge in [0.05, 0.1) is 38.0 Å². The van der Waals surface area contributed by atoms with Crippen molar-refractivity contribution >= 4 is 47.2 Å². The van der Waals surface area contributed by atoms with Crippen molar-refractivity contribution in [1.82, 2.24) is 30.1 Å². The summed E-state index contributed by atoms with van der Waals surface area (Å²) in [6.45, 7) is 7.52. The fourth-order valence-corrected chi connectivity index (χ4v) is 4.15. The molecule has 0 unspecified atom stereocenters. The monoisotopic (exact) mass is 589 g/mol. The highest BCUT2D eigenvalue weighted by Crippen LogP contribution is 2.17. The number of anilines is 2. The molecule has 3 rings (SSSR count). The second kappa shape index (κ2) is 15.7. The van der Waals surface area contributed by atoms with E-state index in [0.717, 1.165) is 32.5 Å². The lowest BCUT2D eigenvalue weighted by Gasteiger charge is -2.29. The lowest BCUT2D eigenvalue weighted by atomic mass is 10.1. The number of piperidine rings is 1. The van der Waals surface area contributed by atoms with Gasteiger partial charge in [-0.1, -0.05) is 18.2 Å². The van der Waals surface area contributed by atoms with Crippen LogP contribution in [-0.4, -0.2) is 101 Å². The molecule has 1 aliphatic rings. The summed E-state index contributed by atoms with van der Waals surface area (Å²) in [7, 11) is 0. The maximum atomic E-state index is 12.4. The van der Waals surface area contributed by atoms with Crippen LogP contribution in [0.1, 0.15) is 33.7 Å². The summed E-state index contributed by atoms with van der Waals surface area (Å²) < 4.78 is 6.84. The van der Waals surface area contributed by atoms with Crippen LogP contribution in [0.3, 0.4) is 0 Å². The predicted molar refractivity (Wildman–Crippen MR) is 156 cm³/mol. The number of amides is 2. The Morgan fingerprint density at radius 3 is 2.66 bits per heavy atom. The maximum absolute atomic E-state index is 12.4. The number of nitrogens with zero attached hydrogens (tertiary/aromatic N) is 6. The number of nitrogens with one attached hydrogen (secondary N) is 2. The van der Waals surface area contributed by atoms with Crippen LogP contribution < -0.4 is 33.3 Å². The second-order valence-corrected chi connectivity index (χ2v) is 9.37. The number of rotatable bonds is 12.